The van der Waals surface area contributed by atoms with Gasteiger partial charge >= 0.3 is 0 Å². The van der Waals surface area contributed by atoms with Crippen LogP contribution in [0.15, 0.2) is 182 Å². The molecule has 0 unspecified atom stereocenters. The van der Waals surface area contributed by atoms with E-state index in [9.17, 15) is 0 Å². The lowest BCUT2D eigenvalue weighted by atomic mass is 9.97. The number of ether oxygens (including phenoxy) is 10. The first-order valence-corrected chi connectivity index (χ1v) is 22.5. The van der Waals surface area contributed by atoms with E-state index in [2.05, 4.69) is 0 Å². The Balaban J connectivity index is 1.09. The van der Waals surface area contributed by atoms with Crippen LogP contribution in [-0.4, -0.2) is 75.1 Å². The summed E-state index contributed by atoms with van der Waals surface area (Å²) in [6, 6.07) is 60.4. The molecule has 2 aliphatic rings. The SMILES string of the molecule is CO[C@@H]1O[C@H](CO[C@H]2O[C@@H](C)[C@@H](OCc3ccccc3)[C@@H](OCc3ccccc3)[C@@H]2OCc2ccccc2)[C@H](OCc2ccccc2)[C@H](OCc2ccccc2)[C@H]1OCc1ccccc1. The van der Waals surface area contributed by atoms with Crippen molar-refractivity contribution in [3.8, 4) is 0 Å². The molecule has 0 bridgehead atoms. The highest BCUT2D eigenvalue weighted by Gasteiger charge is 2.51. The molecule has 0 aliphatic carbocycles. The Morgan fingerprint density at radius 2 is 0.615 bits per heavy atom. The van der Waals surface area contributed by atoms with Gasteiger partial charge in [-0.2, -0.15) is 0 Å². The molecule has 2 saturated heterocycles. The highest BCUT2D eigenvalue weighted by molar-refractivity contribution is 5.18. The zero-order valence-corrected chi connectivity index (χ0v) is 37.1. The second-order valence-corrected chi connectivity index (χ2v) is 16.4. The van der Waals surface area contributed by atoms with Gasteiger partial charge < -0.3 is 47.4 Å². The summed E-state index contributed by atoms with van der Waals surface area (Å²) < 4.78 is 67.4. The number of rotatable bonds is 22. The Kier molecular flexibility index (Phi) is 17.5. The molecule has 0 N–H and O–H groups in total. The summed E-state index contributed by atoms with van der Waals surface area (Å²) in [7, 11) is 1.62. The summed E-state index contributed by atoms with van der Waals surface area (Å²) in [4.78, 5) is 0. The van der Waals surface area contributed by atoms with Gasteiger partial charge in [-0.3, -0.25) is 0 Å². The lowest BCUT2D eigenvalue weighted by Gasteiger charge is -2.47. The maximum atomic E-state index is 6.90. The molecule has 0 amide bonds. The third-order valence-corrected chi connectivity index (χ3v) is 11.7. The molecule has 10 heteroatoms. The molecule has 6 aromatic carbocycles. The van der Waals surface area contributed by atoms with Gasteiger partial charge in [0, 0.05) is 7.11 Å². The molecule has 2 fully saturated rings. The van der Waals surface area contributed by atoms with Crippen molar-refractivity contribution in [1.82, 2.24) is 0 Å². The van der Waals surface area contributed by atoms with E-state index in [0.29, 0.717) is 39.6 Å². The van der Waals surface area contributed by atoms with E-state index in [4.69, 9.17) is 47.4 Å². The van der Waals surface area contributed by atoms with E-state index in [1.165, 1.54) is 0 Å². The lowest BCUT2D eigenvalue weighted by molar-refractivity contribution is -0.347. The number of methoxy groups -OCH3 is 1. The van der Waals surface area contributed by atoms with E-state index in [1.807, 2.05) is 189 Å². The van der Waals surface area contributed by atoms with Crippen molar-refractivity contribution in [2.24, 2.45) is 0 Å². The van der Waals surface area contributed by atoms with Crippen molar-refractivity contribution in [3.63, 3.8) is 0 Å². The topological polar surface area (TPSA) is 92.3 Å². The quantitative estimate of drug-likeness (QED) is 0.0657. The van der Waals surface area contributed by atoms with E-state index in [-0.39, 0.29) is 6.61 Å². The summed E-state index contributed by atoms with van der Waals surface area (Å²) in [6.45, 7) is 3.97. The minimum Gasteiger partial charge on any atom is -0.368 e. The first-order chi connectivity index (χ1) is 32.1. The average Bonchev–Trinajstić information content (AvgIpc) is 3.36. The third kappa shape index (κ3) is 13.3. The van der Waals surface area contributed by atoms with Crippen LogP contribution in [0.2, 0.25) is 0 Å². The molecule has 10 nitrogen and oxygen atoms in total. The zero-order valence-electron chi connectivity index (χ0n) is 37.1. The molecular formula is C55H60O10. The predicted octanol–water partition coefficient (Wildman–Crippen LogP) is 9.63. The van der Waals surface area contributed by atoms with Gasteiger partial charge in [-0.25, -0.2) is 0 Å². The van der Waals surface area contributed by atoms with Crippen molar-refractivity contribution in [2.45, 2.75) is 108 Å². The largest absolute Gasteiger partial charge is 0.368 e. The van der Waals surface area contributed by atoms with Crippen LogP contribution < -0.4 is 0 Å². The standard InChI is InChI=1S/C55H60O10/c1-40-48(57-33-41-21-9-3-10-22-41)50(59-35-43-25-13-5-14-26-43)53(62-38-46-31-19-8-20-32-46)55(64-40)63-39-47-49(58-34-42-23-11-4-12-24-42)51(60-36-44-27-15-6-16-28-44)52(54(56-2)65-47)61-37-45-29-17-7-18-30-45/h3-32,40,47-55H,33-39H2,1-2H3/t40-,47+,48+,49-,50+,51-,52+,53-,54+,55-/m0/s1. The monoisotopic (exact) mass is 880 g/mol. The fourth-order valence-electron chi connectivity index (χ4n) is 8.26. The minimum atomic E-state index is -0.888. The van der Waals surface area contributed by atoms with E-state index < -0.39 is 61.4 Å². The van der Waals surface area contributed by atoms with Gasteiger partial charge in [0.25, 0.3) is 0 Å². The second kappa shape index (κ2) is 24.4. The normalized spacial score (nSPS) is 25.6. The molecule has 0 radical (unpaired) electrons. The van der Waals surface area contributed by atoms with Gasteiger partial charge in [0.15, 0.2) is 12.6 Å². The van der Waals surface area contributed by atoms with Crippen LogP contribution in [0.4, 0.5) is 0 Å². The number of hydrogen-bond donors (Lipinski definition) is 0. The Hall–Kier alpha value is -5.08. The van der Waals surface area contributed by atoms with Crippen molar-refractivity contribution in [2.75, 3.05) is 13.7 Å². The predicted molar refractivity (Wildman–Crippen MR) is 246 cm³/mol. The van der Waals surface area contributed by atoms with E-state index in [0.717, 1.165) is 33.4 Å². The number of benzene rings is 6. The van der Waals surface area contributed by atoms with Crippen molar-refractivity contribution < 1.29 is 47.4 Å². The first kappa shape index (κ1) is 46.4. The highest BCUT2D eigenvalue weighted by Crippen LogP contribution is 2.34. The number of hydrogen-bond acceptors (Lipinski definition) is 10. The van der Waals surface area contributed by atoms with Crippen LogP contribution >= 0.6 is 0 Å². The molecule has 2 heterocycles. The van der Waals surface area contributed by atoms with Gasteiger partial charge in [-0.15, -0.1) is 0 Å². The molecule has 0 aromatic heterocycles. The summed E-state index contributed by atoms with van der Waals surface area (Å²) in [6.07, 6.45) is -6.59. The van der Waals surface area contributed by atoms with Gasteiger partial charge in [0.2, 0.25) is 0 Å². The average molecular weight is 881 g/mol. The molecule has 2 aliphatic heterocycles. The van der Waals surface area contributed by atoms with Crippen molar-refractivity contribution >= 4 is 0 Å². The van der Waals surface area contributed by atoms with Crippen LogP contribution in [-0.2, 0) is 87.0 Å². The van der Waals surface area contributed by atoms with Crippen LogP contribution in [0.25, 0.3) is 0 Å². The fourth-order valence-corrected chi connectivity index (χ4v) is 8.26. The molecule has 6 aromatic rings. The fraction of sp³-hybridized carbons (Fsp3) is 0.345. The van der Waals surface area contributed by atoms with Crippen LogP contribution in [0.5, 0.6) is 0 Å². The highest BCUT2D eigenvalue weighted by atomic mass is 16.7. The second-order valence-electron chi connectivity index (χ2n) is 16.4. The lowest BCUT2D eigenvalue weighted by Crippen LogP contribution is -2.63. The molecular weight excluding hydrogens is 821 g/mol. The maximum absolute atomic E-state index is 6.90. The smallest absolute Gasteiger partial charge is 0.186 e. The third-order valence-electron chi connectivity index (χ3n) is 11.7. The first-order valence-electron chi connectivity index (χ1n) is 22.5. The summed E-state index contributed by atoms with van der Waals surface area (Å²) >= 11 is 0. The Morgan fingerprint density at radius 3 is 0.969 bits per heavy atom. The van der Waals surface area contributed by atoms with E-state index in [1.54, 1.807) is 7.11 Å². The maximum Gasteiger partial charge on any atom is 0.186 e. The van der Waals surface area contributed by atoms with Gasteiger partial charge in [0.05, 0.1) is 52.4 Å². The Bertz CT molecular complexity index is 2200. The van der Waals surface area contributed by atoms with Crippen molar-refractivity contribution in [3.05, 3.63) is 215 Å². The van der Waals surface area contributed by atoms with Crippen LogP contribution in [0, 0.1) is 0 Å². The molecule has 340 valence electrons. The zero-order chi connectivity index (χ0) is 44.5. The summed E-state index contributed by atoms with van der Waals surface area (Å²) in [5, 5.41) is 0. The van der Waals surface area contributed by atoms with Crippen LogP contribution in [0.3, 0.4) is 0 Å². The van der Waals surface area contributed by atoms with Gasteiger partial charge in [0.1, 0.15) is 42.7 Å². The molecule has 0 saturated carbocycles. The van der Waals surface area contributed by atoms with Gasteiger partial charge in [-0.1, -0.05) is 182 Å². The van der Waals surface area contributed by atoms with Gasteiger partial charge in [-0.05, 0) is 40.3 Å². The van der Waals surface area contributed by atoms with Crippen molar-refractivity contribution in [1.29, 1.82) is 0 Å². The molecule has 65 heavy (non-hydrogen) atoms. The molecule has 8 rings (SSSR count). The Labute approximate surface area is 383 Å². The van der Waals surface area contributed by atoms with Crippen LogP contribution in [0.1, 0.15) is 40.3 Å². The van der Waals surface area contributed by atoms with E-state index >= 15 is 0 Å². The summed E-state index contributed by atoms with van der Waals surface area (Å²) in [5.74, 6) is 0. The molecule has 10 atom stereocenters. The Morgan fingerprint density at radius 1 is 0.323 bits per heavy atom. The summed E-state index contributed by atoms with van der Waals surface area (Å²) in [5.41, 5.74) is 6.09. The minimum absolute atomic E-state index is 0.0411. The molecule has 0 spiro atoms.